The highest BCUT2D eigenvalue weighted by molar-refractivity contribution is 6.31. The van der Waals surface area contributed by atoms with Crippen molar-refractivity contribution in [3.05, 3.63) is 34.5 Å². The fourth-order valence-corrected chi connectivity index (χ4v) is 1.89. The van der Waals surface area contributed by atoms with E-state index in [4.69, 9.17) is 16.3 Å². The van der Waals surface area contributed by atoms with Crippen molar-refractivity contribution < 1.29 is 9.53 Å². The van der Waals surface area contributed by atoms with Crippen LogP contribution in [0.15, 0.2) is 18.2 Å². The number of aryl methyl sites for hydroxylation is 1. The highest BCUT2D eigenvalue weighted by atomic mass is 35.5. The number of aldehydes is 1. The monoisotopic (exact) mass is 263 g/mol. The molecule has 0 fully saturated rings. The number of benzene rings is 1. The van der Waals surface area contributed by atoms with Gasteiger partial charge in [-0.1, -0.05) is 18.5 Å². The van der Waals surface area contributed by atoms with Crippen molar-refractivity contribution in [3.8, 4) is 5.75 Å². The first-order chi connectivity index (χ1) is 8.65. The maximum absolute atomic E-state index is 10.9. The first kappa shape index (κ1) is 12.8. The van der Waals surface area contributed by atoms with Gasteiger partial charge >= 0.3 is 0 Å². The molecular formula is C14H14ClNO2. The molecule has 0 atom stereocenters. The number of hydrogen-bond donors (Lipinski definition) is 0. The molecule has 3 nitrogen and oxygen atoms in total. The van der Waals surface area contributed by atoms with Crippen LogP contribution in [-0.4, -0.2) is 17.9 Å². The van der Waals surface area contributed by atoms with E-state index in [1.54, 1.807) is 12.1 Å². The molecule has 0 amide bonds. The minimum atomic E-state index is 0.565. The first-order valence-corrected chi connectivity index (χ1v) is 6.22. The van der Waals surface area contributed by atoms with Crippen molar-refractivity contribution in [2.75, 3.05) is 6.61 Å². The van der Waals surface area contributed by atoms with Gasteiger partial charge in [0.25, 0.3) is 0 Å². The average Bonchev–Trinajstić information content (AvgIpc) is 2.37. The van der Waals surface area contributed by atoms with Crippen molar-refractivity contribution in [3.63, 3.8) is 0 Å². The summed E-state index contributed by atoms with van der Waals surface area (Å²) in [6, 6.07) is 5.29. The number of hydrogen-bond acceptors (Lipinski definition) is 3. The Hall–Kier alpha value is -1.61. The van der Waals surface area contributed by atoms with E-state index in [0.717, 1.165) is 29.3 Å². The topological polar surface area (TPSA) is 39.2 Å². The Morgan fingerprint density at radius 1 is 1.39 bits per heavy atom. The van der Waals surface area contributed by atoms with Gasteiger partial charge in [-0.15, -0.1) is 0 Å². The lowest BCUT2D eigenvalue weighted by atomic mass is 10.1. The van der Waals surface area contributed by atoms with Crippen LogP contribution in [0.1, 0.15) is 29.4 Å². The van der Waals surface area contributed by atoms with Gasteiger partial charge in [0.1, 0.15) is 17.6 Å². The second kappa shape index (κ2) is 5.36. The summed E-state index contributed by atoms with van der Waals surface area (Å²) in [5.74, 6) is 0.635. The summed E-state index contributed by atoms with van der Waals surface area (Å²) < 4.78 is 5.64. The van der Waals surface area contributed by atoms with Gasteiger partial charge in [0.05, 0.1) is 17.3 Å². The van der Waals surface area contributed by atoms with Crippen LogP contribution in [0.25, 0.3) is 10.9 Å². The minimum absolute atomic E-state index is 0.565. The molecule has 1 aromatic heterocycles. The predicted octanol–water partition coefficient (Wildman–Crippen LogP) is 3.80. The van der Waals surface area contributed by atoms with Crippen LogP contribution in [-0.2, 0) is 0 Å². The molecule has 0 N–H and O–H groups in total. The Morgan fingerprint density at radius 3 is 2.83 bits per heavy atom. The number of pyridine rings is 1. The number of carbonyl (C=O) groups is 1. The maximum atomic E-state index is 10.9. The molecule has 0 aliphatic carbocycles. The van der Waals surface area contributed by atoms with E-state index in [-0.39, 0.29) is 0 Å². The quantitative estimate of drug-likeness (QED) is 0.788. The molecule has 0 saturated carbocycles. The van der Waals surface area contributed by atoms with Crippen molar-refractivity contribution >= 4 is 28.8 Å². The molecule has 1 heterocycles. The van der Waals surface area contributed by atoms with Gasteiger partial charge in [-0.25, -0.2) is 4.98 Å². The molecule has 0 radical (unpaired) electrons. The number of fused-ring (bicyclic) bond motifs is 1. The SMILES string of the molecule is CCCOc1cc(C=O)cc2cc(Cl)c(C)nc12. The molecule has 2 aromatic rings. The number of carbonyl (C=O) groups excluding carboxylic acids is 1. The van der Waals surface area contributed by atoms with Gasteiger partial charge in [0, 0.05) is 10.9 Å². The highest BCUT2D eigenvalue weighted by Crippen LogP contribution is 2.29. The third-order valence-corrected chi connectivity index (χ3v) is 3.01. The van der Waals surface area contributed by atoms with Crippen LogP contribution in [0, 0.1) is 6.92 Å². The number of rotatable bonds is 4. The zero-order chi connectivity index (χ0) is 13.1. The summed E-state index contributed by atoms with van der Waals surface area (Å²) in [7, 11) is 0. The van der Waals surface area contributed by atoms with E-state index in [2.05, 4.69) is 4.98 Å². The van der Waals surface area contributed by atoms with Crippen molar-refractivity contribution in [2.24, 2.45) is 0 Å². The lowest BCUT2D eigenvalue weighted by Gasteiger charge is -2.10. The summed E-state index contributed by atoms with van der Waals surface area (Å²) in [5.41, 5.74) is 2.07. The molecule has 4 heteroatoms. The lowest BCUT2D eigenvalue weighted by molar-refractivity contribution is 0.112. The first-order valence-electron chi connectivity index (χ1n) is 5.84. The van der Waals surface area contributed by atoms with Crippen molar-refractivity contribution in [2.45, 2.75) is 20.3 Å². The fraction of sp³-hybridized carbons (Fsp3) is 0.286. The molecule has 0 unspecified atom stereocenters. The Bertz CT molecular complexity index is 596. The van der Waals surface area contributed by atoms with Gasteiger partial charge in [-0.2, -0.15) is 0 Å². The lowest BCUT2D eigenvalue weighted by Crippen LogP contribution is -1.99. The standard InChI is InChI=1S/C14H14ClNO2/c1-3-4-18-13-6-10(8-17)5-11-7-12(15)9(2)16-14(11)13/h5-8H,3-4H2,1-2H3. The Kier molecular flexibility index (Phi) is 3.82. The number of nitrogens with zero attached hydrogens (tertiary/aromatic N) is 1. The predicted molar refractivity (Wildman–Crippen MR) is 72.7 cm³/mol. The van der Waals surface area contributed by atoms with E-state index in [1.807, 2.05) is 19.9 Å². The molecule has 0 spiro atoms. The molecule has 0 aliphatic rings. The highest BCUT2D eigenvalue weighted by Gasteiger charge is 2.09. The van der Waals surface area contributed by atoms with E-state index in [0.29, 0.717) is 22.9 Å². The fourth-order valence-electron chi connectivity index (χ4n) is 1.73. The summed E-state index contributed by atoms with van der Waals surface area (Å²) in [5, 5.41) is 1.41. The van der Waals surface area contributed by atoms with E-state index in [9.17, 15) is 4.79 Å². The van der Waals surface area contributed by atoms with Gasteiger partial charge in [0.2, 0.25) is 0 Å². The van der Waals surface area contributed by atoms with Crippen LogP contribution >= 0.6 is 11.6 Å². The zero-order valence-electron chi connectivity index (χ0n) is 10.4. The Morgan fingerprint density at radius 2 is 2.17 bits per heavy atom. The molecule has 18 heavy (non-hydrogen) atoms. The molecule has 0 aliphatic heterocycles. The molecular weight excluding hydrogens is 250 g/mol. The van der Waals surface area contributed by atoms with Crippen LogP contribution < -0.4 is 4.74 Å². The molecule has 0 bridgehead atoms. The number of aromatic nitrogens is 1. The number of ether oxygens (including phenoxy) is 1. The second-order valence-electron chi connectivity index (χ2n) is 4.11. The summed E-state index contributed by atoms with van der Waals surface area (Å²) >= 11 is 6.05. The molecule has 94 valence electrons. The molecule has 2 rings (SSSR count). The smallest absolute Gasteiger partial charge is 0.150 e. The maximum Gasteiger partial charge on any atom is 0.150 e. The van der Waals surface area contributed by atoms with Crippen LogP contribution in [0.3, 0.4) is 0 Å². The average molecular weight is 264 g/mol. The van der Waals surface area contributed by atoms with Gasteiger partial charge in [-0.3, -0.25) is 4.79 Å². The molecule has 0 saturated heterocycles. The van der Waals surface area contributed by atoms with Gasteiger partial charge in [0.15, 0.2) is 0 Å². The zero-order valence-corrected chi connectivity index (χ0v) is 11.1. The minimum Gasteiger partial charge on any atom is -0.491 e. The summed E-state index contributed by atoms with van der Waals surface area (Å²) in [6.07, 6.45) is 1.70. The van der Waals surface area contributed by atoms with Gasteiger partial charge < -0.3 is 4.74 Å². The van der Waals surface area contributed by atoms with E-state index in [1.165, 1.54) is 0 Å². The third-order valence-electron chi connectivity index (χ3n) is 2.63. The third kappa shape index (κ3) is 2.46. The van der Waals surface area contributed by atoms with Crippen molar-refractivity contribution in [1.82, 2.24) is 4.98 Å². The van der Waals surface area contributed by atoms with Crippen molar-refractivity contribution in [1.29, 1.82) is 0 Å². The summed E-state index contributed by atoms with van der Waals surface area (Å²) in [4.78, 5) is 15.3. The van der Waals surface area contributed by atoms with E-state index < -0.39 is 0 Å². The summed E-state index contributed by atoms with van der Waals surface area (Å²) in [6.45, 7) is 4.47. The van der Waals surface area contributed by atoms with E-state index >= 15 is 0 Å². The van der Waals surface area contributed by atoms with Crippen LogP contribution in [0.4, 0.5) is 0 Å². The Balaban J connectivity index is 2.64. The van der Waals surface area contributed by atoms with Crippen LogP contribution in [0.2, 0.25) is 5.02 Å². The second-order valence-corrected chi connectivity index (χ2v) is 4.52. The Labute approximate surface area is 111 Å². The van der Waals surface area contributed by atoms with Gasteiger partial charge in [-0.05, 0) is 31.5 Å². The van der Waals surface area contributed by atoms with Crippen LogP contribution in [0.5, 0.6) is 5.75 Å². The normalized spacial score (nSPS) is 10.6. The molecule has 1 aromatic carbocycles. The number of halogens is 1. The largest absolute Gasteiger partial charge is 0.491 e.